The molecule has 19 heavy (non-hydrogen) atoms. The van der Waals surface area contributed by atoms with Crippen LogP contribution >= 0.6 is 15.9 Å². The number of rotatable bonds is 4. The normalized spacial score (nSPS) is 11.4. The quantitative estimate of drug-likeness (QED) is 0.871. The third-order valence-corrected chi connectivity index (χ3v) is 5.07. The van der Waals surface area contributed by atoms with Crippen LogP contribution in [-0.4, -0.2) is 14.2 Å². The van der Waals surface area contributed by atoms with Crippen molar-refractivity contribution in [2.45, 2.75) is 11.3 Å². The summed E-state index contributed by atoms with van der Waals surface area (Å²) in [6.45, 7) is 0. The second kappa shape index (κ2) is 5.75. The summed E-state index contributed by atoms with van der Waals surface area (Å²) >= 11 is 3.26. The first-order chi connectivity index (χ1) is 8.99. The van der Waals surface area contributed by atoms with Gasteiger partial charge in [-0.1, -0.05) is 46.3 Å². The highest BCUT2D eigenvalue weighted by atomic mass is 79.9. The summed E-state index contributed by atoms with van der Waals surface area (Å²) in [5.41, 5.74) is 7.03. The maximum Gasteiger partial charge on any atom is 0.180 e. The lowest BCUT2D eigenvalue weighted by Gasteiger charge is -2.08. The second-order valence-corrected chi connectivity index (χ2v) is 7.23. The zero-order valence-corrected chi connectivity index (χ0v) is 12.6. The molecule has 0 aliphatic heterocycles. The van der Waals surface area contributed by atoms with Crippen LogP contribution in [0.3, 0.4) is 0 Å². The Morgan fingerprint density at radius 1 is 1.05 bits per heavy atom. The van der Waals surface area contributed by atoms with Crippen molar-refractivity contribution in [2.75, 3.05) is 11.5 Å². The number of aryl methyl sites for hydroxylation is 1. The fourth-order valence-electron chi connectivity index (χ4n) is 1.78. The lowest BCUT2D eigenvalue weighted by molar-refractivity contribution is 0.595. The van der Waals surface area contributed by atoms with E-state index in [2.05, 4.69) is 15.9 Å². The number of benzene rings is 2. The summed E-state index contributed by atoms with van der Waals surface area (Å²) in [6.07, 6.45) is 0.481. The van der Waals surface area contributed by atoms with Crippen LogP contribution in [0.25, 0.3) is 0 Å². The minimum Gasteiger partial charge on any atom is -0.398 e. The third-order valence-electron chi connectivity index (χ3n) is 2.81. The van der Waals surface area contributed by atoms with Crippen LogP contribution in [0.1, 0.15) is 5.56 Å². The molecule has 0 saturated heterocycles. The number of anilines is 1. The maximum absolute atomic E-state index is 12.3. The average Bonchev–Trinajstić information content (AvgIpc) is 2.40. The Kier molecular flexibility index (Phi) is 4.27. The summed E-state index contributed by atoms with van der Waals surface area (Å²) in [5, 5.41) is 0. The number of sulfone groups is 1. The van der Waals surface area contributed by atoms with Crippen LogP contribution in [-0.2, 0) is 16.3 Å². The average molecular weight is 340 g/mol. The van der Waals surface area contributed by atoms with E-state index >= 15 is 0 Å². The van der Waals surface area contributed by atoms with Crippen molar-refractivity contribution in [1.29, 1.82) is 0 Å². The Morgan fingerprint density at radius 3 is 2.42 bits per heavy atom. The molecule has 2 N–H and O–H groups in total. The van der Waals surface area contributed by atoms with E-state index in [0.717, 1.165) is 5.56 Å². The van der Waals surface area contributed by atoms with E-state index in [1.165, 1.54) is 0 Å². The van der Waals surface area contributed by atoms with E-state index in [4.69, 9.17) is 5.73 Å². The van der Waals surface area contributed by atoms with Crippen molar-refractivity contribution in [1.82, 2.24) is 0 Å². The molecule has 3 nitrogen and oxygen atoms in total. The highest BCUT2D eigenvalue weighted by Gasteiger charge is 2.17. The minimum atomic E-state index is -3.37. The van der Waals surface area contributed by atoms with Crippen LogP contribution < -0.4 is 5.73 Å². The van der Waals surface area contributed by atoms with E-state index in [1.807, 2.05) is 30.3 Å². The minimum absolute atomic E-state index is 0.0532. The molecule has 2 rings (SSSR count). The van der Waals surface area contributed by atoms with Gasteiger partial charge in [-0.3, -0.25) is 0 Å². The zero-order chi connectivity index (χ0) is 13.9. The number of nitrogens with two attached hydrogens (primary N) is 1. The fourth-order valence-corrected chi connectivity index (χ4v) is 3.76. The van der Waals surface area contributed by atoms with Gasteiger partial charge in [0.15, 0.2) is 9.84 Å². The van der Waals surface area contributed by atoms with Gasteiger partial charge in [-0.05, 0) is 30.2 Å². The molecule has 0 heterocycles. The van der Waals surface area contributed by atoms with Gasteiger partial charge in [0.2, 0.25) is 0 Å². The van der Waals surface area contributed by atoms with Gasteiger partial charge in [-0.15, -0.1) is 0 Å². The molecule has 5 heteroatoms. The van der Waals surface area contributed by atoms with Crippen molar-refractivity contribution in [3.63, 3.8) is 0 Å². The molecule has 0 bridgehead atoms. The molecule has 0 aliphatic rings. The van der Waals surface area contributed by atoms with E-state index < -0.39 is 9.84 Å². The first-order valence-electron chi connectivity index (χ1n) is 5.81. The standard InChI is InChI=1S/C14H14BrNO2S/c15-12-6-7-13(16)14(10-12)19(17,18)9-8-11-4-2-1-3-5-11/h1-7,10H,8-9,16H2. The lowest BCUT2D eigenvalue weighted by Crippen LogP contribution is -2.11. The molecule has 2 aromatic rings. The predicted octanol–water partition coefficient (Wildman–Crippen LogP) is 3.05. The Labute approximate surface area is 121 Å². The largest absolute Gasteiger partial charge is 0.398 e. The molecule has 0 spiro atoms. The number of nitrogen functional groups attached to an aromatic ring is 1. The third kappa shape index (κ3) is 3.58. The molecule has 0 aliphatic carbocycles. The molecule has 0 atom stereocenters. The van der Waals surface area contributed by atoms with Gasteiger partial charge in [0, 0.05) is 4.47 Å². The Bertz CT molecular complexity index is 669. The van der Waals surface area contributed by atoms with Crippen molar-refractivity contribution in [3.8, 4) is 0 Å². The van der Waals surface area contributed by atoms with E-state index in [1.54, 1.807) is 18.2 Å². The number of hydrogen-bond donors (Lipinski definition) is 1. The molecule has 0 aromatic heterocycles. The predicted molar refractivity (Wildman–Crippen MR) is 80.8 cm³/mol. The molecule has 0 unspecified atom stereocenters. The van der Waals surface area contributed by atoms with Crippen molar-refractivity contribution in [2.24, 2.45) is 0 Å². The van der Waals surface area contributed by atoms with Crippen molar-refractivity contribution in [3.05, 3.63) is 58.6 Å². The smallest absolute Gasteiger partial charge is 0.180 e. The summed E-state index contributed by atoms with van der Waals surface area (Å²) in [4.78, 5) is 0.192. The summed E-state index contributed by atoms with van der Waals surface area (Å²) in [7, 11) is -3.37. The topological polar surface area (TPSA) is 60.2 Å². The maximum atomic E-state index is 12.3. The van der Waals surface area contributed by atoms with Crippen LogP contribution in [0.5, 0.6) is 0 Å². The summed E-state index contributed by atoms with van der Waals surface area (Å²) < 4.78 is 25.3. The second-order valence-electron chi connectivity index (χ2n) is 4.24. The van der Waals surface area contributed by atoms with Gasteiger partial charge < -0.3 is 5.73 Å². The SMILES string of the molecule is Nc1ccc(Br)cc1S(=O)(=O)CCc1ccccc1. The van der Waals surface area contributed by atoms with Gasteiger partial charge in [-0.2, -0.15) is 0 Å². The van der Waals surface area contributed by atoms with Gasteiger partial charge >= 0.3 is 0 Å². The Balaban J connectivity index is 2.21. The zero-order valence-electron chi connectivity index (χ0n) is 10.2. The summed E-state index contributed by atoms with van der Waals surface area (Å²) in [5.74, 6) is 0.0532. The Morgan fingerprint density at radius 2 is 1.74 bits per heavy atom. The van der Waals surface area contributed by atoms with Crippen molar-refractivity contribution >= 4 is 31.5 Å². The van der Waals surface area contributed by atoms with Gasteiger partial charge in [-0.25, -0.2) is 8.42 Å². The van der Waals surface area contributed by atoms with E-state index in [0.29, 0.717) is 10.9 Å². The molecule has 2 aromatic carbocycles. The van der Waals surface area contributed by atoms with Crippen LogP contribution in [0.15, 0.2) is 57.9 Å². The fraction of sp³-hybridized carbons (Fsp3) is 0.143. The van der Waals surface area contributed by atoms with E-state index in [9.17, 15) is 8.42 Å². The van der Waals surface area contributed by atoms with Crippen LogP contribution in [0, 0.1) is 0 Å². The molecule has 0 amide bonds. The first-order valence-corrected chi connectivity index (χ1v) is 8.25. The number of halogens is 1. The molecule has 0 fully saturated rings. The van der Waals surface area contributed by atoms with Gasteiger partial charge in [0.25, 0.3) is 0 Å². The molecule has 0 radical (unpaired) electrons. The van der Waals surface area contributed by atoms with E-state index in [-0.39, 0.29) is 16.3 Å². The first kappa shape index (κ1) is 14.1. The lowest BCUT2D eigenvalue weighted by atomic mass is 10.2. The van der Waals surface area contributed by atoms with Crippen LogP contribution in [0.2, 0.25) is 0 Å². The molecule has 100 valence electrons. The Hall–Kier alpha value is -1.33. The van der Waals surface area contributed by atoms with Gasteiger partial charge in [0.1, 0.15) is 0 Å². The van der Waals surface area contributed by atoms with Gasteiger partial charge in [0.05, 0.1) is 16.3 Å². The highest BCUT2D eigenvalue weighted by Crippen LogP contribution is 2.24. The monoisotopic (exact) mass is 339 g/mol. The molecular formula is C14H14BrNO2S. The van der Waals surface area contributed by atoms with Crippen molar-refractivity contribution < 1.29 is 8.42 Å². The highest BCUT2D eigenvalue weighted by molar-refractivity contribution is 9.10. The summed E-state index contributed by atoms with van der Waals surface area (Å²) in [6, 6.07) is 14.4. The molecular weight excluding hydrogens is 326 g/mol. The van der Waals surface area contributed by atoms with Crippen LogP contribution in [0.4, 0.5) is 5.69 Å². The number of hydrogen-bond acceptors (Lipinski definition) is 3. The molecule has 0 saturated carbocycles.